The fourth-order valence-electron chi connectivity index (χ4n) is 2.57. The standard InChI is InChI=1S/C13H17NO2/c1-15-12-4-2-3-10(5-12)13(8-16-9-13)11-6-14-7-11/h2-5,11,14H,6-9H2,1H3. The molecule has 1 N–H and O–H groups in total. The van der Waals surface area contributed by atoms with Crippen molar-refractivity contribution in [2.24, 2.45) is 5.92 Å². The van der Waals surface area contributed by atoms with Crippen LogP contribution in [0.15, 0.2) is 24.3 Å². The van der Waals surface area contributed by atoms with Gasteiger partial charge in [0.05, 0.1) is 20.3 Å². The van der Waals surface area contributed by atoms with Gasteiger partial charge >= 0.3 is 0 Å². The minimum atomic E-state index is 0.236. The minimum absolute atomic E-state index is 0.236. The van der Waals surface area contributed by atoms with E-state index in [0.29, 0.717) is 5.92 Å². The predicted molar refractivity (Wildman–Crippen MR) is 61.9 cm³/mol. The van der Waals surface area contributed by atoms with E-state index in [1.165, 1.54) is 5.56 Å². The minimum Gasteiger partial charge on any atom is -0.497 e. The van der Waals surface area contributed by atoms with E-state index in [-0.39, 0.29) is 5.41 Å². The third-order valence-electron chi connectivity index (χ3n) is 3.93. The summed E-state index contributed by atoms with van der Waals surface area (Å²) in [7, 11) is 1.72. The van der Waals surface area contributed by atoms with Gasteiger partial charge in [0.2, 0.25) is 0 Å². The van der Waals surface area contributed by atoms with E-state index in [1.54, 1.807) is 7.11 Å². The summed E-state index contributed by atoms with van der Waals surface area (Å²) in [6, 6.07) is 8.42. The predicted octanol–water partition coefficient (Wildman–Crippen LogP) is 1.18. The van der Waals surface area contributed by atoms with Crippen molar-refractivity contribution in [1.29, 1.82) is 0 Å². The fraction of sp³-hybridized carbons (Fsp3) is 0.538. The van der Waals surface area contributed by atoms with Gasteiger partial charge in [0.15, 0.2) is 0 Å². The van der Waals surface area contributed by atoms with Gasteiger partial charge < -0.3 is 14.8 Å². The molecule has 0 unspecified atom stereocenters. The molecular weight excluding hydrogens is 202 g/mol. The first-order valence-electron chi connectivity index (χ1n) is 5.78. The zero-order chi connectivity index (χ0) is 11.0. The first-order valence-corrected chi connectivity index (χ1v) is 5.78. The Balaban J connectivity index is 1.93. The summed E-state index contributed by atoms with van der Waals surface area (Å²) in [5.41, 5.74) is 1.60. The van der Waals surface area contributed by atoms with Crippen LogP contribution in [-0.4, -0.2) is 33.4 Å². The zero-order valence-corrected chi connectivity index (χ0v) is 9.53. The molecule has 16 heavy (non-hydrogen) atoms. The van der Waals surface area contributed by atoms with Crippen LogP contribution in [0, 0.1) is 5.92 Å². The number of nitrogens with one attached hydrogen (secondary N) is 1. The van der Waals surface area contributed by atoms with E-state index in [9.17, 15) is 0 Å². The molecule has 0 atom stereocenters. The van der Waals surface area contributed by atoms with Gasteiger partial charge in [-0.3, -0.25) is 0 Å². The lowest BCUT2D eigenvalue weighted by Gasteiger charge is -2.51. The highest BCUT2D eigenvalue weighted by Crippen LogP contribution is 2.42. The molecule has 3 heteroatoms. The molecule has 0 aromatic heterocycles. The number of hydrogen-bond acceptors (Lipinski definition) is 3. The number of hydrogen-bond donors (Lipinski definition) is 1. The van der Waals surface area contributed by atoms with Gasteiger partial charge in [-0.05, 0) is 23.6 Å². The summed E-state index contributed by atoms with van der Waals surface area (Å²) in [5, 5.41) is 3.35. The normalized spacial score (nSPS) is 23.3. The molecule has 0 aliphatic carbocycles. The Hall–Kier alpha value is -1.06. The summed E-state index contributed by atoms with van der Waals surface area (Å²) < 4.78 is 10.7. The van der Waals surface area contributed by atoms with E-state index in [2.05, 4.69) is 23.5 Å². The van der Waals surface area contributed by atoms with Crippen LogP contribution in [0.5, 0.6) is 5.75 Å². The number of benzene rings is 1. The van der Waals surface area contributed by atoms with Crippen LogP contribution < -0.4 is 10.1 Å². The number of methoxy groups -OCH3 is 1. The molecule has 0 bridgehead atoms. The molecule has 2 fully saturated rings. The van der Waals surface area contributed by atoms with Crippen molar-refractivity contribution in [3.8, 4) is 5.75 Å². The van der Waals surface area contributed by atoms with Crippen molar-refractivity contribution in [1.82, 2.24) is 5.32 Å². The van der Waals surface area contributed by atoms with Gasteiger partial charge in [-0.15, -0.1) is 0 Å². The van der Waals surface area contributed by atoms with E-state index in [0.717, 1.165) is 32.1 Å². The van der Waals surface area contributed by atoms with Gasteiger partial charge in [0.1, 0.15) is 5.75 Å². The lowest BCUT2D eigenvalue weighted by Crippen LogP contribution is -2.62. The third kappa shape index (κ3) is 1.35. The van der Waals surface area contributed by atoms with Crippen LogP contribution in [0.2, 0.25) is 0 Å². The van der Waals surface area contributed by atoms with Gasteiger partial charge in [-0.2, -0.15) is 0 Å². The highest BCUT2D eigenvalue weighted by molar-refractivity contribution is 5.37. The van der Waals surface area contributed by atoms with Crippen molar-refractivity contribution in [3.63, 3.8) is 0 Å². The van der Waals surface area contributed by atoms with Gasteiger partial charge in [0, 0.05) is 18.5 Å². The molecule has 2 aliphatic rings. The molecule has 0 spiro atoms. The van der Waals surface area contributed by atoms with Gasteiger partial charge in [-0.25, -0.2) is 0 Å². The number of ether oxygens (including phenoxy) is 2. The second kappa shape index (κ2) is 3.75. The maximum atomic E-state index is 5.45. The first kappa shape index (κ1) is 10.1. The maximum Gasteiger partial charge on any atom is 0.119 e. The van der Waals surface area contributed by atoms with Crippen LogP contribution in [0.25, 0.3) is 0 Å². The second-order valence-electron chi connectivity index (χ2n) is 4.74. The largest absolute Gasteiger partial charge is 0.497 e. The fourth-order valence-corrected chi connectivity index (χ4v) is 2.57. The molecule has 2 aliphatic heterocycles. The first-order chi connectivity index (χ1) is 7.85. The van der Waals surface area contributed by atoms with E-state index in [4.69, 9.17) is 9.47 Å². The van der Waals surface area contributed by atoms with E-state index >= 15 is 0 Å². The van der Waals surface area contributed by atoms with Crippen molar-refractivity contribution < 1.29 is 9.47 Å². The van der Waals surface area contributed by atoms with Crippen molar-refractivity contribution in [2.75, 3.05) is 33.4 Å². The van der Waals surface area contributed by atoms with Crippen molar-refractivity contribution in [3.05, 3.63) is 29.8 Å². The topological polar surface area (TPSA) is 30.5 Å². The Morgan fingerprint density at radius 3 is 2.69 bits per heavy atom. The molecule has 2 heterocycles. The van der Waals surface area contributed by atoms with Crippen LogP contribution in [0.1, 0.15) is 5.56 Å². The summed E-state index contributed by atoms with van der Waals surface area (Å²) in [6.45, 7) is 3.93. The molecule has 1 aromatic rings. The maximum absolute atomic E-state index is 5.45. The molecule has 1 aromatic carbocycles. The number of rotatable bonds is 3. The van der Waals surface area contributed by atoms with Crippen molar-refractivity contribution >= 4 is 0 Å². The molecule has 3 nitrogen and oxygen atoms in total. The summed E-state index contributed by atoms with van der Waals surface area (Å²) in [4.78, 5) is 0. The Labute approximate surface area is 95.8 Å². The molecule has 0 saturated carbocycles. The molecule has 86 valence electrons. The molecule has 3 rings (SSSR count). The Morgan fingerprint density at radius 1 is 1.38 bits per heavy atom. The average molecular weight is 219 g/mol. The SMILES string of the molecule is COc1cccc(C2(C3CNC3)COC2)c1. The van der Waals surface area contributed by atoms with E-state index < -0.39 is 0 Å². The van der Waals surface area contributed by atoms with Gasteiger partial charge in [0.25, 0.3) is 0 Å². The molecule has 2 saturated heterocycles. The molecule has 0 amide bonds. The zero-order valence-electron chi connectivity index (χ0n) is 9.53. The quantitative estimate of drug-likeness (QED) is 0.828. The van der Waals surface area contributed by atoms with Crippen LogP contribution in [-0.2, 0) is 10.2 Å². The monoisotopic (exact) mass is 219 g/mol. The lowest BCUT2D eigenvalue weighted by molar-refractivity contribution is -0.101. The molecule has 0 radical (unpaired) electrons. The summed E-state index contributed by atoms with van der Waals surface area (Å²) >= 11 is 0. The lowest BCUT2D eigenvalue weighted by atomic mass is 9.66. The molecular formula is C13H17NO2. The summed E-state index contributed by atoms with van der Waals surface area (Å²) in [6.07, 6.45) is 0. The summed E-state index contributed by atoms with van der Waals surface area (Å²) in [5.74, 6) is 1.66. The Kier molecular flexibility index (Phi) is 2.37. The van der Waals surface area contributed by atoms with Crippen molar-refractivity contribution in [2.45, 2.75) is 5.41 Å². The highest BCUT2D eigenvalue weighted by atomic mass is 16.5. The van der Waals surface area contributed by atoms with Crippen LogP contribution >= 0.6 is 0 Å². The van der Waals surface area contributed by atoms with Gasteiger partial charge in [-0.1, -0.05) is 12.1 Å². The third-order valence-corrected chi connectivity index (χ3v) is 3.93. The van der Waals surface area contributed by atoms with E-state index in [1.807, 2.05) is 6.07 Å². The second-order valence-corrected chi connectivity index (χ2v) is 4.74. The smallest absolute Gasteiger partial charge is 0.119 e. The Bertz CT molecular complexity index is 383. The van der Waals surface area contributed by atoms with Crippen LogP contribution in [0.4, 0.5) is 0 Å². The Morgan fingerprint density at radius 2 is 2.19 bits per heavy atom. The van der Waals surface area contributed by atoms with Crippen LogP contribution in [0.3, 0.4) is 0 Å². The average Bonchev–Trinajstić information content (AvgIpc) is 2.20. The highest BCUT2D eigenvalue weighted by Gasteiger charge is 2.49.